The minimum Gasteiger partial charge on any atom is -0.481 e. The van der Waals surface area contributed by atoms with E-state index in [1.165, 1.54) is 25.4 Å². The van der Waals surface area contributed by atoms with E-state index in [-0.39, 0.29) is 17.0 Å². The van der Waals surface area contributed by atoms with Gasteiger partial charge in [-0.3, -0.25) is 0 Å². The largest absolute Gasteiger partial charge is 0.481 e. The molecule has 6 nitrogen and oxygen atoms in total. The molecular formula is C20H15F4N5O. The van der Waals surface area contributed by atoms with Crippen molar-refractivity contribution in [1.82, 2.24) is 24.7 Å². The number of rotatable bonds is 4. The van der Waals surface area contributed by atoms with E-state index < -0.39 is 17.7 Å². The van der Waals surface area contributed by atoms with Crippen molar-refractivity contribution in [2.45, 2.75) is 19.6 Å². The molecule has 0 bridgehead atoms. The zero-order chi connectivity index (χ0) is 21.5. The average molecular weight is 417 g/mol. The third-order valence-electron chi connectivity index (χ3n) is 4.66. The number of pyridine rings is 1. The number of halogens is 4. The Bertz CT molecular complexity index is 1240. The molecule has 0 aliphatic heterocycles. The van der Waals surface area contributed by atoms with Gasteiger partial charge in [0, 0.05) is 23.2 Å². The molecule has 1 aromatic carbocycles. The predicted molar refractivity (Wildman–Crippen MR) is 101 cm³/mol. The van der Waals surface area contributed by atoms with Gasteiger partial charge in [0.15, 0.2) is 5.65 Å². The number of aryl methyl sites for hydroxylation is 1. The number of alkyl halides is 3. The average Bonchev–Trinajstić information content (AvgIpc) is 3.16. The molecule has 0 N–H and O–H groups in total. The molecule has 4 rings (SSSR count). The smallest absolute Gasteiger partial charge is 0.433 e. The molecule has 3 aromatic heterocycles. The molecule has 0 amide bonds. The summed E-state index contributed by atoms with van der Waals surface area (Å²) in [4.78, 5) is 7.86. The Morgan fingerprint density at radius 1 is 1.07 bits per heavy atom. The van der Waals surface area contributed by atoms with Gasteiger partial charge in [0.1, 0.15) is 17.0 Å². The number of hydrogen-bond acceptors (Lipinski definition) is 5. The molecule has 0 atom stereocenters. The summed E-state index contributed by atoms with van der Waals surface area (Å²) >= 11 is 0. The van der Waals surface area contributed by atoms with Crippen molar-refractivity contribution in [3.05, 3.63) is 54.4 Å². The van der Waals surface area contributed by atoms with Crippen LogP contribution in [0, 0.1) is 5.82 Å². The number of aromatic nitrogens is 5. The van der Waals surface area contributed by atoms with Gasteiger partial charge in [0.05, 0.1) is 19.6 Å². The van der Waals surface area contributed by atoms with E-state index in [0.29, 0.717) is 28.8 Å². The first-order valence-electron chi connectivity index (χ1n) is 8.92. The SMILES string of the molecule is CCn1cnc2c(-c3ccc(F)c(-c4ccc(C(F)(F)F)nc4OC)c3)cnnc21. The molecule has 0 aliphatic rings. The summed E-state index contributed by atoms with van der Waals surface area (Å²) in [6, 6.07) is 6.21. The summed E-state index contributed by atoms with van der Waals surface area (Å²) in [7, 11) is 1.18. The van der Waals surface area contributed by atoms with Crippen LogP contribution in [0.2, 0.25) is 0 Å². The number of benzene rings is 1. The van der Waals surface area contributed by atoms with Crippen LogP contribution in [-0.2, 0) is 12.7 Å². The Balaban J connectivity index is 1.87. The van der Waals surface area contributed by atoms with Crippen molar-refractivity contribution in [3.8, 4) is 28.1 Å². The van der Waals surface area contributed by atoms with Crippen molar-refractivity contribution in [1.29, 1.82) is 0 Å². The second kappa shape index (κ2) is 7.36. The molecule has 0 aliphatic carbocycles. The van der Waals surface area contributed by atoms with Gasteiger partial charge in [0.25, 0.3) is 0 Å². The Morgan fingerprint density at radius 2 is 1.87 bits per heavy atom. The molecule has 0 saturated heterocycles. The van der Waals surface area contributed by atoms with Gasteiger partial charge in [-0.1, -0.05) is 6.07 Å². The molecular weight excluding hydrogens is 402 g/mol. The minimum atomic E-state index is -4.64. The summed E-state index contributed by atoms with van der Waals surface area (Å²) in [6.07, 6.45) is -1.50. The second-order valence-electron chi connectivity index (χ2n) is 6.41. The number of imidazole rings is 1. The van der Waals surface area contributed by atoms with Crippen molar-refractivity contribution >= 4 is 11.2 Å². The van der Waals surface area contributed by atoms with Crippen LogP contribution in [0.3, 0.4) is 0 Å². The van der Waals surface area contributed by atoms with E-state index >= 15 is 0 Å². The second-order valence-corrected chi connectivity index (χ2v) is 6.41. The van der Waals surface area contributed by atoms with Gasteiger partial charge in [-0.2, -0.15) is 18.3 Å². The highest BCUT2D eigenvalue weighted by Crippen LogP contribution is 2.37. The normalized spacial score (nSPS) is 11.8. The van der Waals surface area contributed by atoms with Crippen molar-refractivity contribution in [2.75, 3.05) is 7.11 Å². The fourth-order valence-electron chi connectivity index (χ4n) is 3.17. The first-order valence-corrected chi connectivity index (χ1v) is 8.92. The lowest BCUT2D eigenvalue weighted by Crippen LogP contribution is -2.09. The van der Waals surface area contributed by atoms with Crippen LogP contribution < -0.4 is 4.74 Å². The van der Waals surface area contributed by atoms with Crippen LogP contribution in [0.15, 0.2) is 42.9 Å². The molecule has 154 valence electrons. The van der Waals surface area contributed by atoms with E-state index in [4.69, 9.17) is 4.74 Å². The fraction of sp³-hybridized carbons (Fsp3) is 0.200. The monoisotopic (exact) mass is 417 g/mol. The zero-order valence-corrected chi connectivity index (χ0v) is 15.9. The molecule has 0 saturated carbocycles. The standard InChI is InChI=1S/C20H15F4N5O/c1-3-29-10-25-17-14(9-26-28-18(17)29)11-4-6-15(21)13(8-11)12-5-7-16(20(22,23)24)27-19(12)30-2/h4-10H,3H2,1-2H3. The van der Waals surface area contributed by atoms with Crippen LogP contribution >= 0.6 is 0 Å². The van der Waals surface area contributed by atoms with E-state index in [9.17, 15) is 17.6 Å². The van der Waals surface area contributed by atoms with Gasteiger partial charge in [-0.05, 0) is 36.8 Å². The molecule has 30 heavy (non-hydrogen) atoms. The Hall–Kier alpha value is -3.56. The van der Waals surface area contributed by atoms with Gasteiger partial charge in [-0.25, -0.2) is 14.4 Å². The summed E-state index contributed by atoms with van der Waals surface area (Å²) in [5.74, 6) is -0.954. The number of nitrogens with zero attached hydrogens (tertiary/aromatic N) is 5. The van der Waals surface area contributed by atoms with Crippen LogP contribution in [-0.4, -0.2) is 31.8 Å². The minimum absolute atomic E-state index is 0.0467. The molecule has 0 fully saturated rings. The van der Waals surface area contributed by atoms with Gasteiger partial charge in [-0.15, -0.1) is 5.10 Å². The molecule has 4 aromatic rings. The van der Waals surface area contributed by atoms with E-state index in [1.54, 1.807) is 12.4 Å². The molecule has 0 spiro atoms. The Labute approximate surface area is 168 Å². The fourth-order valence-corrected chi connectivity index (χ4v) is 3.17. The quantitative estimate of drug-likeness (QED) is 0.449. The third-order valence-corrected chi connectivity index (χ3v) is 4.66. The van der Waals surface area contributed by atoms with Gasteiger partial charge >= 0.3 is 6.18 Å². The van der Waals surface area contributed by atoms with Gasteiger partial charge in [0.2, 0.25) is 5.88 Å². The maximum absolute atomic E-state index is 14.6. The highest BCUT2D eigenvalue weighted by atomic mass is 19.4. The maximum Gasteiger partial charge on any atom is 0.433 e. The molecule has 10 heteroatoms. The van der Waals surface area contributed by atoms with Crippen LogP contribution in [0.25, 0.3) is 33.4 Å². The van der Waals surface area contributed by atoms with Crippen LogP contribution in [0.4, 0.5) is 17.6 Å². The van der Waals surface area contributed by atoms with Crippen molar-refractivity contribution in [2.24, 2.45) is 0 Å². The lowest BCUT2D eigenvalue weighted by molar-refractivity contribution is -0.141. The number of fused-ring (bicyclic) bond motifs is 1. The Kier molecular flexibility index (Phi) is 4.84. The number of hydrogen-bond donors (Lipinski definition) is 0. The van der Waals surface area contributed by atoms with Crippen LogP contribution in [0.1, 0.15) is 12.6 Å². The van der Waals surface area contributed by atoms with Crippen molar-refractivity contribution in [3.63, 3.8) is 0 Å². The van der Waals surface area contributed by atoms with E-state index in [2.05, 4.69) is 20.2 Å². The summed E-state index contributed by atoms with van der Waals surface area (Å²) < 4.78 is 60.4. The first kappa shape index (κ1) is 19.7. The highest BCUT2D eigenvalue weighted by Gasteiger charge is 2.33. The highest BCUT2D eigenvalue weighted by molar-refractivity contribution is 5.90. The summed E-state index contributed by atoms with van der Waals surface area (Å²) in [5.41, 5.74) is 1.39. The first-order chi connectivity index (χ1) is 14.3. The van der Waals surface area contributed by atoms with Crippen LogP contribution in [0.5, 0.6) is 5.88 Å². The predicted octanol–water partition coefficient (Wildman–Crippen LogP) is 4.74. The molecule has 0 unspecified atom stereocenters. The number of methoxy groups -OCH3 is 1. The van der Waals surface area contributed by atoms with Crippen molar-refractivity contribution < 1.29 is 22.3 Å². The van der Waals surface area contributed by atoms with E-state index in [1.807, 2.05) is 11.5 Å². The lowest BCUT2D eigenvalue weighted by Gasteiger charge is -2.13. The number of ether oxygens (including phenoxy) is 1. The third kappa shape index (κ3) is 3.34. The lowest BCUT2D eigenvalue weighted by atomic mass is 9.99. The van der Waals surface area contributed by atoms with E-state index in [0.717, 1.165) is 12.1 Å². The molecule has 3 heterocycles. The van der Waals surface area contributed by atoms with Gasteiger partial charge < -0.3 is 9.30 Å². The maximum atomic E-state index is 14.6. The topological polar surface area (TPSA) is 65.7 Å². The zero-order valence-electron chi connectivity index (χ0n) is 15.9. The molecule has 0 radical (unpaired) electrons. The Morgan fingerprint density at radius 3 is 2.57 bits per heavy atom. The summed E-state index contributed by atoms with van der Waals surface area (Å²) in [5, 5.41) is 8.10. The summed E-state index contributed by atoms with van der Waals surface area (Å²) in [6.45, 7) is 2.59.